The van der Waals surface area contributed by atoms with Crippen molar-refractivity contribution >= 4 is 24.0 Å². The second-order valence-corrected chi connectivity index (χ2v) is 5.08. The van der Waals surface area contributed by atoms with E-state index in [9.17, 15) is 4.79 Å². The molecule has 1 aliphatic heterocycles. The van der Waals surface area contributed by atoms with E-state index in [0.717, 1.165) is 25.1 Å². The monoisotopic (exact) mass is 298 g/mol. The summed E-state index contributed by atoms with van der Waals surface area (Å²) in [6, 6.07) is 6.32. The van der Waals surface area contributed by atoms with Gasteiger partial charge in [0.2, 0.25) is 5.91 Å². The number of benzene rings is 1. The highest BCUT2D eigenvalue weighted by Crippen LogP contribution is 2.28. The zero-order valence-electron chi connectivity index (χ0n) is 12.1. The van der Waals surface area contributed by atoms with Crippen LogP contribution in [0.5, 0.6) is 0 Å². The van der Waals surface area contributed by atoms with Crippen LogP contribution in [0.3, 0.4) is 0 Å². The summed E-state index contributed by atoms with van der Waals surface area (Å²) in [5.41, 5.74) is 9.08. The number of nitrogens with two attached hydrogens (primary N) is 1. The van der Waals surface area contributed by atoms with Crippen LogP contribution >= 0.6 is 12.4 Å². The second-order valence-electron chi connectivity index (χ2n) is 5.08. The summed E-state index contributed by atoms with van der Waals surface area (Å²) >= 11 is 0. The highest BCUT2D eigenvalue weighted by molar-refractivity contribution is 5.95. The van der Waals surface area contributed by atoms with Gasteiger partial charge in [0.25, 0.3) is 0 Å². The summed E-state index contributed by atoms with van der Waals surface area (Å²) in [6.07, 6.45) is 2.22. The number of aryl methyl sites for hydroxylation is 2. The Morgan fingerprint density at radius 3 is 2.90 bits per heavy atom. The number of carbonyl (C=O) groups is 1. The molecule has 1 unspecified atom stereocenters. The van der Waals surface area contributed by atoms with Crippen LogP contribution in [0.2, 0.25) is 0 Å². The second kappa shape index (κ2) is 7.62. The van der Waals surface area contributed by atoms with Crippen molar-refractivity contribution in [3.05, 3.63) is 29.3 Å². The van der Waals surface area contributed by atoms with Gasteiger partial charge in [0, 0.05) is 25.9 Å². The van der Waals surface area contributed by atoms with Crippen LogP contribution in [0.25, 0.3) is 0 Å². The Hall–Kier alpha value is -1.10. The number of hydrogen-bond donors (Lipinski definition) is 1. The molecule has 0 spiro atoms. The van der Waals surface area contributed by atoms with Gasteiger partial charge in [-0.2, -0.15) is 0 Å². The van der Waals surface area contributed by atoms with Crippen molar-refractivity contribution in [2.75, 3.05) is 25.1 Å². The number of halogens is 1. The molecule has 1 atom stereocenters. The van der Waals surface area contributed by atoms with Crippen LogP contribution in [-0.4, -0.2) is 32.2 Å². The fourth-order valence-corrected chi connectivity index (χ4v) is 2.51. The largest absolute Gasteiger partial charge is 0.380 e. The number of fused-ring (bicyclic) bond motifs is 1. The van der Waals surface area contributed by atoms with Crippen molar-refractivity contribution in [1.29, 1.82) is 0 Å². The van der Waals surface area contributed by atoms with Crippen LogP contribution in [0.4, 0.5) is 5.69 Å². The lowest BCUT2D eigenvalue weighted by Crippen LogP contribution is -2.39. The number of hydrogen-bond acceptors (Lipinski definition) is 3. The summed E-state index contributed by atoms with van der Waals surface area (Å²) < 4.78 is 5.20. The van der Waals surface area contributed by atoms with E-state index in [1.165, 1.54) is 11.1 Å². The number of methoxy groups -OCH3 is 1. The van der Waals surface area contributed by atoms with E-state index in [1.54, 1.807) is 7.11 Å². The van der Waals surface area contributed by atoms with Crippen LogP contribution in [0.1, 0.15) is 24.0 Å². The fourth-order valence-electron chi connectivity index (χ4n) is 2.51. The molecule has 1 amide bonds. The summed E-state index contributed by atoms with van der Waals surface area (Å²) in [5, 5.41) is 0. The molecule has 112 valence electrons. The minimum absolute atomic E-state index is 0. The molecule has 0 saturated carbocycles. The van der Waals surface area contributed by atoms with Gasteiger partial charge in [-0.15, -0.1) is 12.4 Å². The van der Waals surface area contributed by atoms with Crippen molar-refractivity contribution in [3.63, 3.8) is 0 Å². The van der Waals surface area contributed by atoms with Crippen LogP contribution < -0.4 is 10.6 Å². The topological polar surface area (TPSA) is 55.6 Å². The molecule has 1 aromatic carbocycles. The van der Waals surface area contributed by atoms with Crippen LogP contribution in [0, 0.1) is 6.92 Å². The first-order valence-corrected chi connectivity index (χ1v) is 6.78. The van der Waals surface area contributed by atoms with E-state index >= 15 is 0 Å². The molecule has 0 radical (unpaired) electrons. The predicted octanol–water partition coefficient (Wildman–Crippen LogP) is 2.06. The number of rotatable bonds is 4. The highest BCUT2D eigenvalue weighted by Gasteiger charge is 2.24. The van der Waals surface area contributed by atoms with Gasteiger partial charge >= 0.3 is 0 Å². The lowest BCUT2D eigenvalue weighted by molar-refractivity contribution is -0.120. The Morgan fingerprint density at radius 2 is 2.25 bits per heavy atom. The van der Waals surface area contributed by atoms with Crippen molar-refractivity contribution in [2.45, 2.75) is 32.3 Å². The van der Waals surface area contributed by atoms with Gasteiger partial charge in [-0.3, -0.25) is 4.79 Å². The minimum atomic E-state index is -0.192. The van der Waals surface area contributed by atoms with Gasteiger partial charge in [-0.1, -0.05) is 12.1 Å². The number of carbonyl (C=O) groups excluding carboxylic acids is 1. The van der Waals surface area contributed by atoms with E-state index in [-0.39, 0.29) is 24.4 Å². The molecule has 0 fully saturated rings. The van der Waals surface area contributed by atoms with E-state index in [0.29, 0.717) is 13.0 Å². The van der Waals surface area contributed by atoms with Crippen molar-refractivity contribution in [1.82, 2.24) is 0 Å². The maximum absolute atomic E-state index is 12.4. The molecule has 1 heterocycles. The lowest BCUT2D eigenvalue weighted by atomic mass is 9.99. The summed E-state index contributed by atoms with van der Waals surface area (Å²) in [5.74, 6) is 0.101. The molecular weight excluding hydrogens is 276 g/mol. The zero-order chi connectivity index (χ0) is 13.8. The standard InChI is InChI=1S/C15H22N2O2.ClH/c1-11-5-6-12-4-3-7-17(14(12)8-11)15(18)9-13(10-16)19-2;/h5-6,8,13H,3-4,7,9-10,16H2,1-2H3;1H. The molecule has 0 bridgehead atoms. The van der Waals surface area contributed by atoms with E-state index < -0.39 is 0 Å². The third kappa shape index (κ3) is 3.72. The van der Waals surface area contributed by atoms with Crippen molar-refractivity contribution in [3.8, 4) is 0 Å². The summed E-state index contributed by atoms with van der Waals surface area (Å²) in [4.78, 5) is 14.3. The van der Waals surface area contributed by atoms with E-state index in [1.807, 2.05) is 4.90 Å². The third-order valence-electron chi connectivity index (χ3n) is 3.66. The molecule has 5 heteroatoms. The average Bonchev–Trinajstić information content (AvgIpc) is 2.43. The lowest BCUT2D eigenvalue weighted by Gasteiger charge is -2.30. The molecule has 0 saturated heterocycles. The first-order valence-electron chi connectivity index (χ1n) is 6.78. The van der Waals surface area contributed by atoms with Gasteiger partial charge in [0.05, 0.1) is 12.5 Å². The molecule has 0 aliphatic carbocycles. The summed E-state index contributed by atoms with van der Waals surface area (Å²) in [6.45, 7) is 3.21. The molecular formula is C15H23ClN2O2. The van der Waals surface area contributed by atoms with Gasteiger partial charge in [-0.05, 0) is 37.0 Å². The normalized spacial score (nSPS) is 15.2. The molecule has 2 rings (SSSR count). The van der Waals surface area contributed by atoms with Crippen molar-refractivity contribution < 1.29 is 9.53 Å². The zero-order valence-corrected chi connectivity index (χ0v) is 12.9. The van der Waals surface area contributed by atoms with Crippen LogP contribution in [-0.2, 0) is 16.0 Å². The minimum Gasteiger partial charge on any atom is -0.380 e. The number of anilines is 1. The van der Waals surface area contributed by atoms with E-state index in [2.05, 4.69) is 25.1 Å². The smallest absolute Gasteiger partial charge is 0.229 e. The quantitative estimate of drug-likeness (QED) is 0.926. The van der Waals surface area contributed by atoms with Gasteiger partial charge in [-0.25, -0.2) is 0 Å². The molecule has 20 heavy (non-hydrogen) atoms. The Labute approximate surface area is 126 Å². The molecule has 4 nitrogen and oxygen atoms in total. The average molecular weight is 299 g/mol. The SMILES string of the molecule is COC(CN)CC(=O)N1CCCc2ccc(C)cc21.Cl. The van der Waals surface area contributed by atoms with Crippen LogP contribution in [0.15, 0.2) is 18.2 Å². The molecule has 2 N–H and O–H groups in total. The van der Waals surface area contributed by atoms with Crippen molar-refractivity contribution in [2.24, 2.45) is 5.73 Å². The van der Waals surface area contributed by atoms with Gasteiger partial charge < -0.3 is 15.4 Å². The predicted molar refractivity (Wildman–Crippen MR) is 83.6 cm³/mol. The Bertz CT molecular complexity index is 461. The van der Waals surface area contributed by atoms with Gasteiger partial charge in [0.1, 0.15) is 0 Å². The first kappa shape index (κ1) is 17.0. The van der Waals surface area contributed by atoms with Gasteiger partial charge in [0.15, 0.2) is 0 Å². The third-order valence-corrected chi connectivity index (χ3v) is 3.66. The fraction of sp³-hybridized carbons (Fsp3) is 0.533. The maximum Gasteiger partial charge on any atom is 0.229 e. The molecule has 0 aromatic heterocycles. The molecule has 1 aromatic rings. The Balaban J connectivity index is 0.00000200. The summed E-state index contributed by atoms with van der Waals surface area (Å²) in [7, 11) is 1.60. The number of nitrogens with zero attached hydrogens (tertiary/aromatic N) is 1. The number of amides is 1. The Kier molecular flexibility index (Phi) is 6.46. The highest BCUT2D eigenvalue weighted by atomic mass is 35.5. The number of ether oxygens (including phenoxy) is 1. The van der Waals surface area contributed by atoms with E-state index in [4.69, 9.17) is 10.5 Å². The molecule has 1 aliphatic rings. The maximum atomic E-state index is 12.4. The Morgan fingerprint density at radius 1 is 1.50 bits per heavy atom. The first-order chi connectivity index (χ1) is 9.15.